The number of carbonyl (C=O) groups is 1. The minimum atomic E-state index is -0.285. The second kappa shape index (κ2) is 10.6. The number of nitrogens with zero attached hydrogens (tertiary/aromatic N) is 5. The number of hydrogen-bond donors (Lipinski definition) is 2. The van der Waals surface area contributed by atoms with Crippen LogP contribution in [0.15, 0.2) is 42.6 Å². The Morgan fingerprint density at radius 2 is 1.93 bits per heavy atom. The summed E-state index contributed by atoms with van der Waals surface area (Å²) >= 11 is 0. The molecule has 5 heterocycles. The van der Waals surface area contributed by atoms with Crippen molar-refractivity contribution < 1.29 is 9.53 Å². The van der Waals surface area contributed by atoms with Crippen molar-refractivity contribution in [3.8, 4) is 11.4 Å². The van der Waals surface area contributed by atoms with Crippen molar-refractivity contribution >= 4 is 28.3 Å². The predicted molar refractivity (Wildman–Crippen MR) is 171 cm³/mol. The van der Waals surface area contributed by atoms with E-state index in [9.17, 15) is 4.79 Å². The Kier molecular flexibility index (Phi) is 6.90. The second-order valence-electron chi connectivity index (χ2n) is 13.0. The van der Waals surface area contributed by atoms with Gasteiger partial charge in [0, 0.05) is 84.5 Å². The van der Waals surface area contributed by atoms with Gasteiger partial charge in [-0.3, -0.25) is 9.69 Å². The van der Waals surface area contributed by atoms with Crippen LogP contribution in [0.3, 0.4) is 0 Å². The van der Waals surface area contributed by atoms with Gasteiger partial charge in [0.05, 0.1) is 25.5 Å². The molecule has 2 saturated heterocycles. The van der Waals surface area contributed by atoms with Gasteiger partial charge in [0.15, 0.2) is 5.82 Å². The van der Waals surface area contributed by atoms with Gasteiger partial charge in [-0.25, -0.2) is 9.97 Å². The summed E-state index contributed by atoms with van der Waals surface area (Å²) in [7, 11) is 0. The normalized spacial score (nSPS) is 20.2. The summed E-state index contributed by atoms with van der Waals surface area (Å²) in [6.45, 7) is 14.6. The van der Waals surface area contributed by atoms with E-state index in [4.69, 9.17) is 20.4 Å². The number of aryl methyl sites for hydroxylation is 2. The summed E-state index contributed by atoms with van der Waals surface area (Å²) < 4.78 is 5.58. The number of anilines is 2. The van der Waals surface area contributed by atoms with Crippen LogP contribution in [0.4, 0.5) is 11.5 Å². The first-order valence-corrected chi connectivity index (χ1v) is 15.4. The van der Waals surface area contributed by atoms with Gasteiger partial charge >= 0.3 is 0 Å². The molecular weight excluding hydrogens is 538 g/mol. The molecule has 3 aliphatic heterocycles. The van der Waals surface area contributed by atoms with E-state index in [2.05, 4.69) is 90.0 Å². The van der Waals surface area contributed by atoms with Gasteiger partial charge in [-0.05, 0) is 49.6 Å². The molecule has 2 aromatic carbocycles. The first-order chi connectivity index (χ1) is 20.7. The molecule has 4 aromatic rings. The monoisotopic (exact) mass is 579 g/mol. The van der Waals surface area contributed by atoms with Crippen LogP contribution < -0.4 is 15.5 Å². The minimum absolute atomic E-state index is 0.0808. The molecule has 2 aromatic heterocycles. The molecule has 0 radical (unpaired) electrons. The summed E-state index contributed by atoms with van der Waals surface area (Å²) in [4.78, 5) is 32.8. The third-order valence-electron chi connectivity index (χ3n) is 9.69. The summed E-state index contributed by atoms with van der Waals surface area (Å²) in [5.74, 6) is 1.50. The van der Waals surface area contributed by atoms with Gasteiger partial charge in [0.2, 0.25) is 5.91 Å². The molecule has 3 aliphatic rings. The number of nitrogens with one attached hydrogen (secondary N) is 1. The van der Waals surface area contributed by atoms with Gasteiger partial charge < -0.3 is 25.3 Å². The number of rotatable bonds is 6. The van der Waals surface area contributed by atoms with Gasteiger partial charge in [0.1, 0.15) is 5.82 Å². The Balaban J connectivity index is 1.29. The second-order valence-corrected chi connectivity index (χ2v) is 13.0. The number of carbonyl (C=O) groups excluding carboxylic acids is 1. The average molecular weight is 580 g/mol. The van der Waals surface area contributed by atoms with Crippen LogP contribution in [0.2, 0.25) is 0 Å². The van der Waals surface area contributed by atoms with E-state index in [0.29, 0.717) is 0 Å². The largest absolute Gasteiger partial charge is 0.379 e. The van der Waals surface area contributed by atoms with E-state index >= 15 is 0 Å². The summed E-state index contributed by atoms with van der Waals surface area (Å²) in [5, 5.41) is 1.17. The number of amides is 1. The van der Waals surface area contributed by atoms with Gasteiger partial charge in [0.25, 0.3) is 0 Å². The number of primary amides is 1. The van der Waals surface area contributed by atoms with Gasteiger partial charge in [-0.15, -0.1) is 0 Å². The number of piperazine rings is 1. The Morgan fingerprint density at radius 1 is 1.09 bits per heavy atom. The van der Waals surface area contributed by atoms with Gasteiger partial charge in [-0.2, -0.15) is 0 Å². The quantitative estimate of drug-likeness (QED) is 0.355. The Hall–Kier alpha value is -3.95. The summed E-state index contributed by atoms with van der Waals surface area (Å²) in [5.41, 5.74) is 15.2. The highest BCUT2D eigenvalue weighted by molar-refractivity contribution is 5.96. The Bertz CT molecular complexity index is 1710. The molecule has 224 valence electrons. The number of H-pyrrole nitrogens is 1. The number of aromatic nitrogens is 3. The lowest BCUT2D eigenvalue weighted by atomic mass is 9.80. The summed E-state index contributed by atoms with van der Waals surface area (Å²) in [6, 6.07) is 13.4. The van der Waals surface area contributed by atoms with Gasteiger partial charge in [-0.1, -0.05) is 31.2 Å². The topological polar surface area (TPSA) is 104 Å². The SMILES string of the molecule is Cc1ccc(C2(C)COC2)cc1N1CCc2nc(-c3cccc4[nH]cc(C)c34)nc(N3CCN(CC(N)=O)[C@H](C)C3)c2C1. The zero-order chi connectivity index (χ0) is 29.9. The zero-order valence-electron chi connectivity index (χ0n) is 25.6. The maximum atomic E-state index is 11.7. The van der Waals surface area contributed by atoms with Crippen molar-refractivity contribution in [3.05, 3.63) is 70.5 Å². The molecule has 0 unspecified atom stereocenters. The van der Waals surface area contributed by atoms with Crippen LogP contribution in [-0.2, 0) is 27.9 Å². The van der Waals surface area contributed by atoms with Crippen molar-refractivity contribution in [2.75, 3.05) is 55.7 Å². The number of nitrogens with two attached hydrogens (primary N) is 1. The molecular formula is C34H41N7O2. The lowest BCUT2D eigenvalue weighted by Gasteiger charge is -2.42. The molecule has 0 saturated carbocycles. The van der Waals surface area contributed by atoms with Crippen molar-refractivity contribution in [2.45, 2.75) is 52.1 Å². The molecule has 3 N–H and O–H groups in total. The van der Waals surface area contributed by atoms with Crippen molar-refractivity contribution in [1.82, 2.24) is 19.9 Å². The Labute approximate surface area is 253 Å². The van der Waals surface area contributed by atoms with E-state index in [0.717, 1.165) is 80.8 Å². The Morgan fingerprint density at radius 3 is 2.67 bits per heavy atom. The highest BCUT2D eigenvalue weighted by atomic mass is 16.5. The smallest absolute Gasteiger partial charge is 0.231 e. The van der Waals surface area contributed by atoms with E-state index in [1.54, 1.807) is 0 Å². The lowest BCUT2D eigenvalue weighted by molar-refractivity contribution is -0.119. The number of aromatic amines is 1. The molecule has 2 fully saturated rings. The van der Waals surface area contributed by atoms with Crippen LogP contribution in [0.1, 0.15) is 41.8 Å². The third kappa shape index (κ3) is 4.94. The van der Waals surface area contributed by atoms with Crippen LogP contribution >= 0.6 is 0 Å². The molecule has 9 nitrogen and oxygen atoms in total. The van der Waals surface area contributed by atoms with Crippen molar-refractivity contribution in [1.29, 1.82) is 0 Å². The number of fused-ring (bicyclic) bond motifs is 2. The fourth-order valence-electron chi connectivity index (χ4n) is 7.05. The molecule has 7 rings (SSSR count). The first-order valence-electron chi connectivity index (χ1n) is 15.4. The first kappa shape index (κ1) is 27.9. The molecule has 1 atom stereocenters. The highest BCUT2D eigenvalue weighted by Crippen LogP contribution is 2.38. The molecule has 9 heteroatoms. The van der Waals surface area contributed by atoms with Crippen LogP contribution in [-0.4, -0.2) is 77.7 Å². The number of benzene rings is 2. The molecule has 1 amide bonds. The molecule has 0 spiro atoms. The average Bonchev–Trinajstić information content (AvgIpc) is 3.37. The summed E-state index contributed by atoms with van der Waals surface area (Å²) in [6.07, 6.45) is 2.90. The maximum Gasteiger partial charge on any atom is 0.231 e. The van der Waals surface area contributed by atoms with E-state index in [1.165, 1.54) is 33.3 Å². The fourth-order valence-corrected chi connectivity index (χ4v) is 7.05. The van der Waals surface area contributed by atoms with E-state index in [-0.39, 0.29) is 23.9 Å². The zero-order valence-corrected chi connectivity index (χ0v) is 25.6. The van der Waals surface area contributed by atoms with Crippen LogP contribution in [0.5, 0.6) is 0 Å². The number of hydrogen-bond acceptors (Lipinski definition) is 7. The minimum Gasteiger partial charge on any atom is -0.379 e. The third-order valence-corrected chi connectivity index (χ3v) is 9.69. The molecule has 43 heavy (non-hydrogen) atoms. The molecule has 0 aliphatic carbocycles. The van der Waals surface area contributed by atoms with E-state index in [1.807, 2.05) is 0 Å². The van der Waals surface area contributed by atoms with Crippen LogP contribution in [0.25, 0.3) is 22.3 Å². The van der Waals surface area contributed by atoms with Crippen molar-refractivity contribution in [3.63, 3.8) is 0 Å². The molecule has 0 bridgehead atoms. The maximum absolute atomic E-state index is 11.7. The van der Waals surface area contributed by atoms with Crippen LogP contribution in [0, 0.1) is 13.8 Å². The van der Waals surface area contributed by atoms with Crippen molar-refractivity contribution in [2.24, 2.45) is 5.73 Å². The number of ether oxygens (including phenoxy) is 1. The fraction of sp³-hybridized carbons (Fsp3) is 0.441. The standard InChI is InChI=1S/C34H41N7O2/c1-21-8-9-24(34(4)19-43-20-34)14-29(21)40-11-10-27-26(17-40)33(41-13-12-39(18-30(35)42)23(3)16-41)38-32(37-27)25-6-5-7-28-31(25)22(2)15-36-28/h5-9,14-15,23,36H,10-13,16-20H2,1-4H3,(H2,35,42)/t23-/m1/s1. The lowest BCUT2D eigenvalue weighted by Crippen LogP contribution is -2.54. The predicted octanol–water partition coefficient (Wildman–Crippen LogP) is 4.09. The van der Waals surface area contributed by atoms with E-state index < -0.39 is 0 Å². The highest BCUT2D eigenvalue weighted by Gasteiger charge is 2.36.